The van der Waals surface area contributed by atoms with Crippen LogP contribution >= 0.6 is 0 Å². The number of carbonyl (C=O) groups excluding carboxylic acids is 2. The van der Waals surface area contributed by atoms with Crippen molar-refractivity contribution in [1.82, 2.24) is 10.6 Å². The van der Waals surface area contributed by atoms with Gasteiger partial charge in [0.25, 0.3) is 11.8 Å². The summed E-state index contributed by atoms with van der Waals surface area (Å²) >= 11 is 0. The van der Waals surface area contributed by atoms with E-state index in [1.807, 2.05) is 62.4 Å². The Hall–Kier alpha value is -2.88. The molecule has 0 radical (unpaired) electrons. The Morgan fingerprint density at radius 2 is 1.64 bits per heavy atom. The fraction of sp³-hybridized carbons (Fsp3) is 0.111. The van der Waals surface area contributed by atoms with E-state index in [1.54, 1.807) is 0 Å². The number of benzene rings is 1. The summed E-state index contributed by atoms with van der Waals surface area (Å²) in [4.78, 5) is 24.7. The first-order valence-corrected chi connectivity index (χ1v) is 7.13. The van der Waals surface area contributed by atoms with E-state index in [9.17, 15) is 9.59 Å². The number of allylic oxidation sites excluding steroid dienone is 3. The van der Waals surface area contributed by atoms with E-state index >= 15 is 0 Å². The maximum absolute atomic E-state index is 12.4. The highest BCUT2D eigenvalue weighted by Crippen LogP contribution is 2.36. The first kappa shape index (κ1) is 14.1. The molecule has 22 heavy (non-hydrogen) atoms. The lowest BCUT2D eigenvalue weighted by Crippen LogP contribution is -2.22. The molecule has 1 aromatic rings. The van der Waals surface area contributed by atoms with Crippen LogP contribution in [0.15, 0.2) is 71.0 Å². The molecule has 4 nitrogen and oxygen atoms in total. The number of hydrogen-bond acceptors (Lipinski definition) is 2. The molecule has 110 valence electrons. The highest BCUT2D eigenvalue weighted by molar-refractivity contribution is 6.26. The van der Waals surface area contributed by atoms with E-state index in [1.165, 1.54) is 0 Å². The molecular formula is C18H16N2O2. The lowest BCUT2D eigenvalue weighted by molar-refractivity contribution is -0.117. The third kappa shape index (κ3) is 2.09. The van der Waals surface area contributed by atoms with E-state index in [4.69, 9.17) is 0 Å². The molecule has 2 heterocycles. The summed E-state index contributed by atoms with van der Waals surface area (Å²) < 4.78 is 0. The normalized spacial score (nSPS) is 18.2. The quantitative estimate of drug-likeness (QED) is 0.841. The lowest BCUT2D eigenvalue weighted by Gasteiger charge is -2.07. The molecule has 0 unspecified atom stereocenters. The first-order chi connectivity index (χ1) is 10.7. The number of nitrogens with one attached hydrogen (secondary N) is 2. The van der Waals surface area contributed by atoms with Crippen molar-refractivity contribution < 1.29 is 9.59 Å². The summed E-state index contributed by atoms with van der Waals surface area (Å²) in [5.41, 5.74) is 3.65. The highest BCUT2D eigenvalue weighted by Gasteiger charge is 2.40. The Morgan fingerprint density at radius 3 is 2.27 bits per heavy atom. The minimum atomic E-state index is -0.244. The maximum atomic E-state index is 12.4. The molecule has 4 heteroatoms. The fourth-order valence-electron chi connectivity index (χ4n) is 2.72. The zero-order valence-electron chi connectivity index (χ0n) is 12.4. The summed E-state index contributed by atoms with van der Waals surface area (Å²) in [5, 5.41) is 5.65. The van der Waals surface area contributed by atoms with Gasteiger partial charge in [-0.05, 0) is 25.0 Å². The van der Waals surface area contributed by atoms with Crippen molar-refractivity contribution in [3.63, 3.8) is 0 Å². The van der Waals surface area contributed by atoms with Gasteiger partial charge in [0, 0.05) is 0 Å². The van der Waals surface area contributed by atoms with Crippen molar-refractivity contribution in [3.05, 3.63) is 76.5 Å². The predicted octanol–water partition coefficient (Wildman–Crippen LogP) is 2.43. The Bertz CT molecular complexity index is 781. The molecule has 0 bridgehead atoms. The molecule has 0 fully saturated rings. The second-order valence-corrected chi connectivity index (χ2v) is 5.02. The largest absolute Gasteiger partial charge is 0.321 e. The van der Waals surface area contributed by atoms with E-state index in [0.717, 1.165) is 11.1 Å². The third-order valence-corrected chi connectivity index (χ3v) is 3.69. The summed E-state index contributed by atoms with van der Waals surface area (Å²) in [5.74, 6) is -0.489. The van der Waals surface area contributed by atoms with Crippen LogP contribution in [-0.4, -0.2) is 11.8 Å². The topological polar surface area (TPSA) is 58.2 Å². The third-order valence-electron chi connectivity index (χ3n) is 3.69. The van der Waals surface area contributed by atoms with Crippen LogP contribution in [0, 0.1) is 0 Å². The van der Waals surface area contributed by atoms with Crippen molar-refractivity contribution in [3.8, 4) is 0 Å². The van der Waals surface area contributed by atoms with Gasteiger partial charge in [0.15, 0.2) is 0 Å². The second-order valence-electron chi connectivity index (χ2n) is 5.02. The van der Waals surface area contributed by atoms with Gasteiger partial charge in [-0.25, -0.2) is 0 Å². The standard InChI is InChI=1S/C18H16N2O2/c1-3-8-11(4-2)15-13-14(18(22)19-15)16(20-17(13)21)12-9-6-5-7-10-12/h3-10H,1-2H3,(H,19,22)(H,20,21)/b8-3-,11-4+. The predicted molar refractivity (Wildman–Crippen MR) is 85.2 cm³/mol. The molecule has 0 spiro atoms. The van der Waals surface area contributed by atoms with Gasteiger partial charge in [0.1, 0.15) is 0 Å². The Kier molecular flexibility index (Phi) is 3.51. The van der Waals surface area contributed by atoms with Gasteiger partial charge in [-0.15, -0.1) is 0 Å². The van der Waals surface area contributed by atoms with E-state index < -0.39 is 0 Å². The molecule has 2 aliphatic heterocycles. The van der Waals surface area contributed by atoms with Crippen molar-refractivity contribution >= 4 is 17.5 Å². The minimum Gasteiger partial charge on any atom is -0.321 e. The number of rotatable bonds is 3. The molecule has 0 saturated carbocycles. The monoisotopic (exact) mass is 292 g/mol. The van der Waals surface area contributed by atoms with Crippen LogP contribution in [0.3, 0.4) is 0 Å². The molecular weight excluding hydrogens is 276 g/mol. The summed E-state index contributed by atoms with van der Waals surface area (Å²) in [6.07, 6.45) is 5.63. The maximum Gasteiger partial charge on any atom is 0.258 e. The van der Waals surface area contributed by atoms with Crippen molar-refractivity contribution in [2.24, 2.45) is 0 Å². The SMILES string of the molecule is C/C=C\C(=C/C)C1=C2C(=O)NC(c3ccccc3)=C2C(=O)N1. The zero-order chi connectivity index (χ0) is 15.7. The summed E-state index contributed by atoms with van der Waals surface area (Å²) in [7, 11) is 0. The molecule has 3 rings (SSSR count). The van der Waals surface area contributed by atoms with Gasteiger partial charge in [-0.3, -0.25) is 9.59 Å². The molecule has 0 atom stereocenters. The van der Waals surface area contributed by atoms with Gasteiger partial charge in [-0.1, -0.05) is 48.6 Å². The van der Waals surface area contributed by atoms with Crippen molar-refractivity contribution in [1.29, 1.82) is 0 Å². The Labute approximate surface area is 128 Å². The van der Waals surface area contributed by atoms with Crippen LogP contribution in [0.1, 0.15) is 19.4 Å². The van der Waals surface area contributed by atoms with Crippen LogP contribution in [0.25, 0.3) is 5.70 Å². The second kappa shape index (κ2) is 5.48. The Morgan fingerprint density at radius 1 is 0.955 bits per heavy atom. The molecule has 2 amide bonds. The van der Waals surface area contributed by atoms with Gasteiger partial charge in [-0.2, -0.15) is 0 Å². The molecule has 0 aliphatic carbocycles. The van der Waals surface area contributed by atoms with Gasteiger partial charge in [0.2, 0.25) is 0 Å². The average Bonchev–Trinajstić information content (AvgIpc) is 3.05. The Balaban J connectivity index is 2.19. The van der Waals surface area contributed by atoms with Crippen LogP contribution in [0.5, 0.6) is 0 Å². The van der Waals surface area contributed by atoms with Crippen LogP contribution in [-0.2, 0) is 9.59 Å². The smallest absolute Gasteiger partial charge is 0.258 e. The van der Waals surface area contributed by atoms with Crippen LogP contribution in [0.2, 0.25) is 0 Å². The van der Waals surface area contributed by atoms with Gasteiger partial charge < -0.3 is 10.6 Å². The van der Waals surface area contributed by atoms with Crippen LogP contribution in [0.4, 0.5) is 0 Å². The molecule has 0 saturated heterocycles. The fourth-order valence-corrected chi connectivity index (χ4v) is 2.72. The summed E-state index contributed by atoms with van der Waals surface area (Å²) in [6, 6.07) is 9.40. The first-order valence-electron chi connectivity index (χ1n) is 7.13. The number of hydrogen-bond donors (Lipinski definition) is 2. The number of fused-ring (bicyclic) bond motifs is 1. The molecule has 1 aromatic carbocycles. The van der Waals surface area contributed by atoms with Crippen molar-refractivity contribution in [2.45, 2.75) is 13.8 Å². The van der Waals surface area contributed by atoms with Crippen LogP contribution < -0.4 is 10.6 Å². The van der Waals surface area contributed by atoms with Gasteiger partial charge in [0.05, 0.1) is 22.5 Å². The van der Waals surface area contributed by atoms with E-state index in [0.29, 0.717) is 22.5 Å². The molecule has 2 aliphatic rings. The molecule has 0 aromatic heterocycles. The lowest BCUT2D eigenvalue weighted by atomic mass is 10.0. The average molecular weight is 292 g/mol. The van der Waals surface area contributed by atoms with E-state index in [-0.39, 0.29) is 11.8 Å². The number of amides is 2. The number of carbonyl (C=O) groups is 2. The van der Waals surface area contributed by atoms with Crippen molar-refractivity contribution in [2.75, 3.05) is 0 Å². The summed E-state index contributed by atoms with van der Waals surface area (Å²) in [6.45, 7) is 3.77. The van der Waals surface area contributed by atoms with E-state index in [2.05, 4.69) is 10.6 Å². The molecule has 2 N–H and O–H groups in total. The zero-order valence-corrected chi connectivity index (χ0v) is 12.4. The minimum absolute atomic E-state index is 0.244. The highest BCUT2D eigenvalue weighted by atomic mass is 16.2. The van der Waals surface area contributed by atoms with Gasteiger partial charge >= 0.3 is 0 Å².